The van der Waals surface area contributed by atoms with Gasteiger partial charge in [-0.2, -0.15) is 21.6 Å². The quantitative estimate of drug-likeness (QED) is 0.686. The zero-order valence-corrected chi connectivity index (χ0v) is 8.48. The second kappa shape index (κ2) is 3.60. The summed E-state index contributed by atoms with van der Waals surface area (Å²) >= 11 is 0. The van der Waals surface area contributed by atoms with E-state index in [0.717, 1.165) is 0 Å². The summed E-state index contributed by atoms with van der Waals surface area (Å²) in [5.74, 6) is -1.88. The van der Waals surface area contributed by atoms with Crippen molar-refractivity contribution in [3.63, 3.8) is 0 Å². The van der Waals surface area contributed by atoms with E-state index in [4.69, 9.17) is 4.55 Å². The second-order valence-electron chi connectivity index (χ2n) is 3.76. The fourth-order valence-corrected chi connectivity index (χ4v) is 2.54. The van der Waals surface area contributed by atoms with Gasteiger partial charge in [0.1, 0.15) is 0 Å². The molecule has 0 saturated heterocycles. The monoisotopic (exact) mass is 248 g/mol. The smallest absolute Gasteiger partial charge is 0.372 e. The first-order valence-corrected chi connectivity index (χ1v) is 5.76. The molecule has 1 aliphatic rings. The molecular formula is C7H11F3O4S. The van der Waals surface area contributed by atoms with E-state index in [-0.39, 0.29) is 19.3 Å². The van der Waals surface area contributed by atoms with Gasteiger partial charge in [-0.1, -0.05) is 0 Å². The molecule has 0 aliphatic heterocycles. The van der Waals surface area contributed by atoms with Crippen LogP contribution in [0.1, 0.15) is 25.7 Å². The number of hydrogen-bond acceptors (Lipinski definition) is 3. The molecule has 0 radical (unpaired) electrons. The van der Waals surface area contributed by atoms with Crippen LogP contribution in [-0.2, 0) is 10.1 Å². The van der Waals surface area contributed by atoms with Crippen LogP contribution >= 0.6 is 0 Å². The molecule has 0 amide bonds. The minimum Gasteiger partial charge on any atom is -0.372 e. The second-order valence-corrected chi connectivity index (χ2v) is 5.47. The van der Waals surface area contributed by atoms with Crippen LogP contribution in [0.15, 0.2) is 0 Å². The lowest BCUT2D eigenvalue weighted by Gasteiger charge is -2.34. The summed E-state index contributed by atoms with van der Waals surface area (Å²) in [5.41, 5.74) is 0. The van der Waals surface area contributed by atoms with E-state index in [1.807, 2.05) is 0 Å². The Labute approximate surface area is 84.8 Å². The third-order valence-corrected chi connectivity index (χ3v) is 3.96. The van der Waals surface area contributed by atoms with Crippen LogP contribution in [0.25, 0.3) is 0 Å². The molecule has 1 saturated carbocycles. The van der Waals surface area contributed by atoms with E-state index in [1.54, 1.807) is 0 Å². The Kier molecular flexibility index (Phi) is 3.05. The van der Waals surface area contributed by atoms with Crippen LogP contribution in [0, 0.1) is 5.92 Å². The van der Waals surface area contributed by atoms with Crippen molar-refractivity contribution in [2.45, 2.75) is 36.8 Å². The number of halogens is 3. The SMILES string of the molecule is O=S(=O)(O)C1(O)CCCC(C(F)(F)F)C1. The molecule has 2 N–H and O–H groups in total. The fourth-order valence-electron chi connectivity index (χ4n) is 1.73. The molecule has 0 aromatic rings. The minimum absolute atomic E-state index is 0.0829. The molecule has 0 spiro atoms. The number of alkyl halides is 3. The lowest BCUT2D eigenvalue weighted by atomic mass is 9.86. The van der Waals surface area contributed by atoms with E-state index >= 15 is 0 Å². The third-order valence-electron chi connectivity index (χ3n) is 2.63. The number of rotatable bonds is 1. The van der Waals surface area contributed by atoms with Gasteiger partial charge in [-0.05, 0) is 19.3 Å². The van der Waals surface area contributed by atoms with Gasteiger partial charge in [-0.3, -0.25) is 4.55 Å². The predicted molar refractivity (Wildman–Crippen MR) is 44.5 cm³/mol. The first-order valence-electron chi connectivity index (χ1n) is 4.32. The highest BCUT2D eigenvalue weighted by Gasteiger charge is 2.52. The lowest BCUT2D eigenvalue weighted by Crippen LogP contribution is -2.45. The summed E-state index contributed by atoms with van der Waals surface area (Å²) in [5, 5.41) is 9.40. The molecule has 1 aliphatic carbocycles. The van der Waals surface area contributed by atoms with E-state index in [0.29, 0.717) is 0 Å². The Hall–Kier alpha value is -0.340. The Bertz CT molecular complexity index is 337. The van der Waals surface area contributed by atoms with Crippen molar-refractivity contribution < 1.29 is 31.2 Å². The maximum absolute atomic E-state index is 12.3. The van der Waals surface area contributed by atoms with E-state index in [9.17, 15) is 26.7 Å². The maximum Gasteiger partial charge on any atom is 0.391 e. The topological polar surface area (TPSA) is 74.6 Å². The van der Waals surface area contributed by atoms with Crippen molar-refractivity contribution in [2.24, 2.45) is 5.92 Å². The molecule has 1 fully saturated rings. The van der Waals surface area contributed by atoms with Crippen LogP contribution in [-0.4, -0.2) is 29.2 Å². The number of aliphatic hydroxyl groups is 1. The van der Waals surface area contributed by atoms with Gasteiger partial charge in [0.15, 0.2) is 4.93 Å². The van der Waals surface area contributed by atoms with Crippen molar-refractivity contribution in [3.05, 3.63) is 0 Å². The molecule has 2 unspecified atom stereocenters. The van der Waals surface area contributed by atoms with E-state index in [1.165, 1.54) is 0 Å². The van der Waals surface area contributed by atoms with Crippen LogP contribution in [0.3, 0.4) is 0 Å². The van der Waals surface area contributed by atoms with Gasteiger partial charge in [0.05, 0.1) is 5.92 Å². The van der Waals surface area contributed by atoms with Gasteiger partial charge in [-0.25, -0.2) is 0 Å². The molecule has 15 heavy (non-hydrogen) atoms. The molecule has 0 heterocycles. The van der Waals surface area contributed by atoms with Gasteiger partial charge in [0.2, 0.25) is 0 Å². The highest BCUT2D eigenvalue weighted by Crippen LogP contribution is 2.43. The molecule has 4 nitrogen and oxygen atoms in total. The van der Waals surface area contributed by atoms with Crippen molar-refractivity contribution in [3.8, 4) is 0 Å². The minimum atomic E-state index is -4.86. The normalized spacial score (nSPS) is 34.1. The highest BCUT2D eigenvalue weighted by molar-refractivity contribution is 7.87. The fraction of sp³-hybridized carbons (Fsp3) is 1.00. The standard InChI is InChI=1S/C7H11F3O4S/c8-7(9,10)5-2-1-3-6(11,4-5)15(12,13)14/h5,11H,1-4H2,(H,12,13,14). The molecule has 1 rings (SSSR count). The Balaban J connectivity index is 2.90. The van der Waals surface area contributed by atoms with E-state index < -0.39 is 33.6 Å². The predicted octanol–water partition coefficient (Wildman–Crippen LogP) is 1.32. The van der Waals surface area contributed by atoms with Crippen LogP contribution in [0.5, 0.6) is 0 Å². The maximum atomic E-state index is 12.3. The first-order chi connectivity index (χ1) is 6.56. The Morgan fingerprint density at radius 3 is 2.27 bits per heavy atom. The summed E-state index contributed by atoms with van der Waals surface area (Å²) in [6.45, 7) is 0. The number of hydrogen-bond donors (Lipinski definition) is 2. The Morgan fingerprint density at radius 2 is 1.87 bits per heavy atom. The highest BCUT2D eigenvalue weighted by atomic mass is 32.2. The molecule has 0 aromatic heterocycles. The van der Waals surface area contributed by atoms with Crippen LogP contribution in [0.4, 0.5) is 13.2 Å². The van der Waals surface area contributed by atoms with Gasteiger partial charge >= 0.3 is 6.18 Å². The van der Waals surface area contributed by atoms with Crippen molar-refractivity contribution in [1.29, 1.82) is 0 Å². The van der Waals surface area contributed by atoms with Crippen LogP contribution in [0.2, 0.25) is 0 Å². The average Bonchev–Trinajstić information content (AvgIpc) is 2.00. The Morgan fingerprint density at radius 1 is 1.33 bits per heavy atom. The summed E-state index contributed by atoms with van der Waals surface area (Å²) < 4.78 is 66.9. The molecular weight excluding hydrogens is 237 g/mol. The van der Waals surface area contributed by atoms with Gasteiger partial charge in [-0.15, -0.1) is 0 Å². The lowest BCUT2D eigenvalue weighted by molar-refractivity contribution is -0.192. The summed E-state index contributed by atoms with van der Waals surface area (Å²) in [6.07, 6.45) is -6.20. The third kappa shape index (κ3) is 2.61. The average molecular weight is 248 g/mol. The largest absolute Gasteiger partial charge is 0.391 e. The molecule has 0 aromatic carbocycles. The van der Waals surface area contributed by atoms with Gasteiger partial charge in [0.25, 0.3) is 10.1 Å². The molecule has 8 heteroatoms. The summed E-state index contributed by atoms with van der Waals surface area (Å²) in [7, 11) is -4.86. The van der Waals surface area contributed by atoms with Crippen molar-refractivity contribution in [1.82, 2.24) is 0 Å². The first kappa shape index (κ1) is 12.7. The zero-order chi connectivity index (χ0) is 11.9. The van der Waals surface area contributed by atoms with Gasteiger partial charge in [0, 0.05) is 6.42 Å². The van der Waals surface area contributed by atoms with Crippen LogP contribution < -0.4 is 0 Å². The summed E-state index contributed by atoms with van der Waals surface area (Å²) in [6, 6.07) is 0. The van der Waals surface area contributed by atoms with E-state index in [2.05, 4.69) is 0 Å². The summed E-state index contributed by atoms with van der Waals surface area (Å²) in [4.78, 5) is -2.65. The molecule has 0 bridgehead atoms. The van der Waals surface area contributed by atoms with Crippen molar-refractivity contribution >= 4 is 10.1 Å². The molecule has 2 atom stereocenters. The zero-order valence-electron chi connectivity index (χ0n) is 7.66. The van der Waals surface area contributed by atoms with Crippen molar-refractivity contribution in [2.75, 3.05) is 0 Å². The molecule has 90 valence electrons. The van der Waals surface area contributed by atoms with Gasteiger partial charge < -0.3 is 5.11 Å².